The van der Waals surface area contributed by atoms with Gasteiger partial charge in [-0.2, -0.15) is 0 Å². The second-order valence-corrected chi connectivity index (χ2v) is 7.11. The standard InChI is InChI=1S/C22H39N5O.HI/c1-3-23-22(24-13-8-9-20-28-4-2)25-14-10-15-26-16-18-27(19-17-26)21-11-6-5-7-12-21;/h5-7,11-12H,3-4,8-10,13-20H2,1-2H3,(H2,23,24,25);1H. The van der Waals surface area contributed by atoms with E-state index in [4.69, 9.17) is 9.73 Å². The molecule has 1 fully saturated rings. The third-order valence-corrected chi connectivity index (χ3v) is 4.95. The van der Waals surface area contributed by atoms with Crippen LogP contribution in [0.1, 0.15) is 33.1 Å². The van der Waals surface area contributed by atoms with Crippen LogP contribution in [0.25, 0.3) is 0 Å². The maximum absolute atomic E-state index is 5.38. The van der Waals surface area contributed by atoms with Gasteiger partial charge in [-0.25, -0.2) is 0 Å². The highest BCUT2D eigenvalue weighted by Gasteiger charge is 2.16. The number of nitrogens with one attached hydrogen (secondary N) is 2. The summed E-state index contributed by atoms with van der Waals surface area (Å²) in [4.78, 5) is 9.76. The zero-order valence-corrected chi connectivity index (χ0v) is 20.6. The molecule has 2 rings (SSSR count). The van der Waals surface area contributed by atoms with E-state index in [-0.39, 0.29) is 24.0 Å². The third-order valence-electron chi connectivity index (χ3n) is 4.95. The minimum absolute atomic E-state index is 0. The van der Waals surface area contributed by atoms with Crippen molar-refractivity contribution in [2.24, 2.45) is 4.99 Å². The Morgan fingerprint density at radius 1 is 1.00 bits per heavy atom. The molecule has 7 heteroatoms. The molecule has 0 aliphatic carbocycles. The van der Waals surface area contributed by atoms with Gasteiger partial charge in [0.1, 0.15) is 0 Å². The number of ether oxygens (including phenoxy) is 1. The lowest BCUT2D eigenvalue weighted by atomic mass is 10.2. The molecule has 0 unspecified atom stereocenters. The van der Waals surface area contributed by atoms with Crippen LogP contribution >= 0.6 is 24.0 Å². The summed E-state index contributed by atoms with van der Waals surface area (Å²) in [5.41, 5.74) is 1.34. The zero-order chi connectivity index (χ0) is 19.9. The molecule has 0 amide bonds. The fraction of sp³-hybridized carbons (Fsp3) is 0.682. The number of hydrogen-bond acceptors (Lipinski definition) is 4. The normalized spacial score (nSPS) is 15.1. The molecular formula is C22H40IN5O. The first kappa shape index (κ1) is 26.0. The molecular weight excluding hydrogens is 477 g/mol. The molecule has 2 N–H and O–H groups in total. The molecule has 1 aromatic carbocycles. The number of halogens is 1. The van der Waals surface area contributed by atoms with Crippen molar-refractivity contribution in [3.63, 3.8) is 0 Å². The predicted octanol–water partition coefficient (Wildman–Crippen LogP) is 3.19. The van der Waals surface area contributed by atoms with E-state index in [1.807, 2.05) is 6.92 Å². The fourth-order valence-corrected chi connectivity index (χ4v) is 3.38. The van der Waals surface area contributed by atoms with Gasteiger partial charge in [0.25, 0.3) is 0 Å². The quantitative estimate of drug-likeness (QED) is 0.193. The molecule has 0 aromatic heterocycles. The molecule has 0 spiro atoms. The van der Waals surface area contributed by atoms with Gasteiger partial charge in [0, 0.05) is 71.3 Å². The monoisotopic (exact) mass is 517 g/mol. The second-order valence-electron chi connectivity index (χ2n) is 7.11. The molecule has 0 bridgehead atoms. The largest absolute Gasteiger partial charge is 0.382 e. The summed E-state index contributed by atoms with van der Waals surface area (Å²) in [6.45, 7) is 14.1. The topological polar surface area (TPSA) is 52.1 Å². The van der Waals surface area contributed by atoms with E-state index in [1.54, 1.807) is 0 Å². The molecule has 0 radical (unpaired) electrons. The van der Waals surface area contributed by atoms with Crippen LogP contribution in [-0.4, -0.2) is 76.4 Å². The fourth-order valence-electron chi connectivity index (χ4n) is 3.38. The van der Waals surface area contributed by atoms with Gasteiger partial charge >= 0.3 is 0 Å². The SMILES string of the molecule is CCNC(=NCCCN1CCN(c2ccccc2)CC1)NCCCCOCC.I. The van der Waals surface area contributed by atoms with E-state index in [0.29, 0.717) is 0 Å². The van der Waals surface area contributed by atoms with Crippen molar-refractivity contribution in [1.82, 2.24) is 15.5 Å². The highest BCUT2D eigenvalue weighted by molar-refractivity contribution is 14.0. The lowest BCUT2D eigenvalue weighted by Gasteiger charge is -2.36. The number of nitrogens with zero attached hydrogens (tertiary/aromatic N) is 3. The molecule has 1 aromatic rings. The Hall–Kier alpha value is -1.06. The summed E-state index contributed by atoms with van der Waals surface area (Å²) in [6.07, 6.45) is 3.30. The molecule has 1 aliphatic heterocycles. The van der Waals surface area contributed by atoms with Gasteiger partial charge in [-0.05, 0) is 45.2 Å². The van der Waals surface area contributed by atoms with Crippen molar-refractivity contribution in [1.29, 1.82) is 0 Å². The summed E-state index contributed by atoms with van der Waals surface area (Å²) < 4.78 is 5.38. The van der Waals surface area contributed by atoms with Gasteiger partial charge in [0.05, 0.1) is 0 Å². The number of aliphatic imine (C=N–C) groups is 1. The van der Waals surface area contributed by atoms with Crippen LogP contribution in [0.2, 0.25) is 0 Å². The van der Waals surface area contributed by atoms with Gasteiger partial charge < -0.3 is 20.3 Å². The molecule has 0 atom stereocenters. The molecule has 0 saturated carbocycles. The predicted molar refractivity (Wildman–Crippen MR) is 135 cm³/mol. The van der Waals surface area contributed by atoms with E-state index >= 15 is 0 Å². The number of hydrogen-bond donors (Lipinski definition) is 2. The molecule has 29 heavy (non-hydrogen) atoms. The molecule has 1 aliphatic rings. The number of anilines is 1. The van der Waals surface area contributed by atoms with Crippen LogP contribution in [0.4, 0.5) is 5.69 Å². The average Bonchev–Trinajstić information content (AvgIpc) is 2.74. The molecule has 1 saturated heterocycles. The number of unbranched alkanes of at least 4 members (excludes halogenated alkanes) is 1. The van der Waals surface area contributed by atoms with Crippen LogP contribution in [0, 0.1) is 0 Å². The van der Waals surface area contributed by atoms with Crippen molar-refractivity contribution in [3.05, 3.63) is 30.3 Å². The van der Waals surface area contributed by atoms with E-state index < -0.39 is 0 Å². The van der Waals surface area contributed by atoms with E-state index in [9.17, 15) is 0 Å². The highest BCUT2D eigenvalue weighted by atomic mass is 127. The lowest BCUT2D eigenvalue weighted by Crippen LogP contribution is -2.46. The van der Waals surface area contributed by atoms with Gasteiger partial charge in [0.15, 0.2) is 5.96 Å². The van der Waals surface area contributed by atoms with Crippen LogP contribution in [0.5, 0.6) is 0 Å². The summed E-state index contributed by atoms with van der Waals surface area (Å²) in [5.74, 6) is 0.938. The molecule has 166 valence electrons. The van der Waals surface area contributed by atoms with Gasteiger partial charge in [0.2, 0.25) is 0 Å². The Morgan fingerprint density at radius 3 is 2.45 bits per heavy atom. The van der Waals surface area contributed by atoms with Gasteiger partial charge in [-0.1, -0.05) is 18.2 Å². The van der Waals surface area contributed by atoms with E-state index in [0.717, 1.165) is 90.8 Å². The number of benzene rings is 1. The van der Waals surface area contributed by atoms with Gasteiger partial charge in [-0.3, -0.25) is 9.89 Å². The zero-order valence-electron chi connectivity index (χ0n) is 18.2. The maximum Gasteiger partial charge on any atom is 0.191 e. The smallest absolute Gasteiger partial charge is 0.191 e. The third kappa shape index (κ3) is 11.1. The number of rotatable bonds is 12. The van der Waals surface area contributed by atoms with E-state index in [2.05, 4.69) is 57.7 Å². The number of para-hydroxylation sites is 1. The second kappa shape index (κ2) is 16.7. The number of piperazine rings is 1. The van der Waals surface area contributed by atoms with Gasteiger partial charge in [-0.15, -0.1) is 24.0 Å². The van der Waals surface area contributed by atoms with Crippen LogP contribution in [-0.2, 0) is 4.74 Å². The Balaban J connectivity index is 0.00000420. The van der Waals surface area contributed by atoms with Crippen LogP contribution < -0.4 is 15.5 Å². The first-order valence-corrected chi connectivity index (χ1v) is 11.0. The Bertz CT molecular complexity index is 535. The Morgan fingerprint density at radius 2 is 1.76 bits per heavy atom. The number of guanidine groups is 1. The Kier molecular flexibility index (Phi) is 15.0. The summed E-state index contributed by atoms with van der Waals surface area (Å²) in [7, 11) is 0. The van der Waals surface area contributed by atoms with Crippen molar-refractivity contribution < 1.29 is 4.74 Å². The van der Waals surface area contributed by atoms with Crippen molar-refractivity contribution in [2.75, 3.05) is 70.5 Å². The van der Waals surface area contributed by atoms with Crippen molar-refractivity contribution in [2.45, 2.75) is 33.1 Å². The van der Waals surface area contributed by atoms with Crippen LogP contribution in [0.15, 0.2) is 35.3 Å². The minimum Gasteiger partial charge on any atom is -0.382 e. The van der Waals surface area contributed by atoms with Crippen molar-refractivity contribution in [3.8, 4) is 0 Å². The maximum atomic E-state index is 5.38. The summed E-state index contributed by atoms with van der Waals surface area (Å²) in [5, 5.41) is 6.76. The summed E-state index contributed by atoms with van der Waals surface area (Å²) >= 11 is 0. The first-order chi connectivity index (χ1) is 13.8. The summed E-state index contributed by atoms with van der Waals surface area (Å²) in [6, 6.07) is 10.7. The van der Waals surface area contributed by atoms with Crippen LogP contribution in [0.3, 0.4) is 0 Å². The van der Waals surface area contributed by atoms with Crippen molar-refractivity contribution >= 4 is 35.6 Å². The molecule has 6 nitrogen and oxygen atoms in total. The highest BCUT2D eigenvalue weighted by Crippen LogP contribution is 2.15. The lowest BCUT2D eigenvalue weighted by molar-refractivity contribution is 0.143. The van der Waals surface area contributed by atoms with E-state index in [1.165, 1.54) is 5.69 Å². The molecule has 1 heterocycles. The average molecular weight is 518 g/mol. The first-order valence-electron chi connectivity index (χ1n) is 11.0. The Labute approximate surface area is 194 Å². The minimum atomic E-state index is 0.